The van der Waals surface area contributed by atoms with Crippen molar-refractivity contribution in [3.63, 3.8) is 0 Å². The number of carbonyl (C=O) groups is 1. The third-order valence-corrected chi connectivity index (χ3v) is 2.90. The monoisotopic (exact) mass is 336 g/mol. The third kappa shape index (κ3) is 5.06. The maximum absolute atomic E-state index is 12.4. The summed E-state index contributed by atoms with van der Waals surface area (Å²) in [5.74, 6) is -0.373. The molecular formula is C13H12BrF3O2. The quantitative estimate of drug-likeness (QED) is 0.760. The van der Waals surface area contributed by atoms with Gasteiger partial charge in [0.25, 0.3) is 0 Å². The Morgan fingerprint density at radius 2 is 2.11 bits per heavy atom. The van der Waals surface area contributed by atoms with Crippen molar-refractivity contribution >= 4 is 28.0 Å². The molecule has 2 nitrogen and oxygen atoms in total. The summed E-state index contributed by atoms with van der Waals surface area (Å²) in [5, 5.41) is 0. The zero-order valence-electron chi connectivity index (χ0n) is 10.1. The first-order valence-electron chi connectivity index (χ1n) is 5.53. The van der Waals surface area contributed by atoms with Crippen molar-refractivity contribution in [3.8, 4) is 0 Å². The molecule has 1 rings (SSSR count). The van der Waals surface area contributed by atoms with E-state index < -0.39 is 11.7 Å². The van der Waals surface area contributed by atoms with Crippen LogP contribution in [0, 0.1) is 0 Å². The fourth-order valence-corrected chi connectivity index (χ4v) is 1.85. The van der Waals surface area contributed by atoms with Crippen LogP contribution in [0.4, 0.5) is 13.2 Å². The lowest BCUT2D eigenvalue weighted by Crippen LogP contribution is -2.04. The largest absolute Gasteiger partial charge is 0.466 e. The predicted molar refractivity (Wildman–Crippen MR) is 69.4 cm³/mol. The number of hydrogen-bond acceptors (Lipinski definition) is 2. The minimum Gasteiger partial charge on any atom is -0.466 e. The van der Waals surface area contributed by atoms with Crippen LogP contribution in [0.5, 0.6) is 0 Å². The Hall–Kier alpha value is -1.30. The van der Waals surface area contributed by atoms with Gasteiger partial charge in [-0.25, -0.2) is 0 Å². The van der Waals surface area contributed by atoms with Crippen LogP contribution in [0.3, 0.4) is 0 Å². The Morgan fingerprint density at radius 3 is 2.63 bits per heavy atom. The second kappa shape index (κ2) is 6.75. The van der Waals surface area contributed by atoms with E-state index in [4.69, 9.17) is 4.74 Å². The molecule has 1 aromatic carbocycles. The van der Waals surface area contributed by atoms with Crippen molar-refractivity contribution in [1.29, 1.82) is 0 Å². The molecule has 0 spiro atoms. The smallest absolute Gasteiger partial charge is 0.416 e. The average molecular weight is 337 g/mol. The molecule has 0 radical (unpaired) electrons. The lowest BCUT2D eigenvalue weighted by molar-refractivity contribution is -0.142. The molecule has 0 bridgehead atoms. The van der Waals surface area contributed by atoms with E-state index in [-0.39, 0.29) is 12.4 Å². The van der Waals surface area contributed by atoms with Gasteiger partial charge in [-0.15, -0.1) is 0 Å². The number of alkyl halides is 3. The Morgan fingerprint density at radius 1 is 1.42 bits per heavy atom. The molecule has 1 aromatic rings. The van der Waals surface area contributed by atoms with E-state index in [1.807, 2.05) is 0 Å². The second-order valence-corrected chi connectivity index (χ2v) is 4.50. The Labute approximate surface area is 117 Å². The summed E-state index contributed by atoms with van der Waals surface area (Å²) in [6.07, 6.45) is -1.16. The number of rotatable bonds is 4. The van der Waals surface area contributed by atoms with E-state index in [2.05, 4.69) is 15.9 Å². The highest BCUT2D eigenvalue weighted by Crippen LogP contribution is 2.32. The number of esters is 1. The minimum absolute atomic E-state index is 0.0846. The Kier molecular flexibility index (Phi) is 5.60. The molecule has 0 aliphatic heterocycles. The highest BCUT2D eigenvalue weighted by atomic mass is 79.9. The number of carbonyl (C=O) groups excluding carboxylic acids is 1. The summed E-state index contributed by atoms with van der Waals surface area (Å²) >= 11 is 3.07. The number of ether oxygens (including phenoxy) is 1. The van der Waals surface area contributed by atoms with E-state index >= 15 is 0 Å². The van der Waals surface area contributed by atoms with Gasteiger partial charge in [-0.2, -0.15) is 13.2 Å². The molecule has 0 aliphatic carbocycles. The lowest BCUT2D eigenvalue weighted by atomic mass is 10.1. The van der Waals surface area contributed by atoms with Crippen molar-refractivity contribution in [1.82, 2.24) is 0 Å². The standard InChI is InChI=1S/C13H12BrF3O2/c1-2-19-12(18)5-3-4-9-6-7-10(8-11(9)14)13(15,16)17/h3-4,6-8H,2,5H2,1H3. The fraction of sp³-hybridized carbons (Fsp3) is 0.308. The molecular weight excluding hydrogens is 325 g/mol. The van der Waals surface area contributed by atoms with Gasteiger partial charge in [0, 0.05) is 4.47 Å². The summed E-state index contributed by atoms with van der Waals surface area (Å²) in [6.45, 7) is 2.00. The highest BCUT2D eigenvalue weighted by molar-refractivity contribution is 9.10. The van der Waals surface area contributed by atoms with E-state index in [0.29, 0.717) is 16.6 Å². The van der Waals surface area contributed by atoms with Gasteiger partial charge < -0.3 is 4.74 Å². The van der Waals surface area contributed by atoms with Crippen molar-refractivity contribution in [3.05, 3.63) is 39.9 Å². The van der Waals surface area contributed by atoms with Gasteiger partial charge in [-0.1, -0.05) is 34.1 Å². The van der Waals surface area contributed by atoms with E-state index in [9.17, 15) is 18.0 Å². The summed E-state index contributed by atoms with van der Waals surface area (Å²) in [4.78, 5) is 11.1. The molecule has 0 unspecified atom stereocenters. The first-order valence-corrected chi connectivity index (χ1v) is 6.32. The van der Waals surface area contributed by atoms with Crippen LogP contribution in [-0.4, -0.2) is 12.6 Å². The average Bonchev–Trinajstić information content (AvgIpc) is 2.30. The van der Waals surface area contributed by atoms with Gasteiger partial charge in [-0.3, -0.25) is 4.79 Å². The molecule has 0 heterocycles. The van der Waals surface area contributed by atoms with Gasteiger partial charge >= 0.3 is 12.1 Å². The summed E-state index contributed by atoms with van der Waals surface area (Å²) in [5.41, 5.74) is -0.154. The topological polar surface area (TPSA) is 26.3 Å². The molecule has 0 aromatic heterocycles. The van der Waals surface area contributed by atoms with Crippen LogP contribution in [-0.2, 0) is 15.7 Å². The van der Waals surface area contributed by atoms with E-state index in [0.717, 1.165) is 12.1 Å². The SMILES string of the molecule is CCOC(=O)CC=Cc1ccc(C(F)(F)F)cc1Br. The fourth-order valence-electron chi connectivity index (χ4n) is 1.34. The highest BCUT2D eigenvalue weighted by Gasteiger charge is 2.30. The number of benzene rings is 1. The molecule has 0 aliphatic rings. The van der Waals surface area contributed by atoms with Crippen LogP contribution in [0.1, 0.15) is 24.5 Å². The van der Waals surface area contributed by atoms with Gasteiger partial charge in [0.15, 0.2) is 0 Å². The second-order valence-electron chi connectivity index (χ2n) is 3.65. The molecule has 0 saturated heterocycles. The number of halogens is 4. The van der Waals surface area contributed by atoms with Crippen molar-refractivity contribution in [2.24, 2.45) is 0 Å². The summed E-state index contributed by atoms with van der Waals surface area (Å²) in [7, 11) is 0. The molecule has 0 fully saturated rings. The lowest BCUT2D eigenvalue weighted by Gasteiger charge is -2.08. The summed E-state index contributed by atoms with van der Waals surface area (Å²) in [6, 6.07) is 3.34. The van der Waals surface area contributed by atoms with Crippen LogP contribution in [0.25, 0.3) is 6.08 Å². The van der Waals surface area contributed by atoms with Crippen molar-refractivity contribution < 1.29 is 22.7 Å². The zero-order chi connectivity index (χ0) is 14.5. The Balaban J connectivity index is 2.75. The van der Waals surface area contributed by atoms with Crippen molar-refractivity contribution in [2.45, 2.75) is 19.5 Å². The van der Waals surface area contributed by atoms with Gasteiger partial charge in [0.05, 0.1) is 18.6 Å². The Bertz CT molecular complexity index is 481. The maximum Gasteiger partial charge on any atom is 0.416 e. The van der Waals surface area contributed by atoms with E-state index in [1.54, 1.807) is 19.1 Å². The minimum atomic E-state index is -4.37. The molecule has 0 N–H and O–H groups in total. The predicted octanol–water partition coefficient (Wildman–Crippen LogP) is 4.43. The molecule has 0 atom stereocenters. The van der Waals surface area contributed by atoms with Gasteiger partial charge in [0.2, 0.25) is 0 Å². The zero-order valence-corrected chi connectivity index (χ0v) is 11.7. The van der Waals surface area contributed by atoms with Crippen molar-refractivity contribution in [2.75, 3.05) is 6.61 Å². The molecule has 19 heavy (non-hydrogen) atoms. The first-order chi connectivity index (χ1) is 8.84. The number of hydrogen-bond donors (Lipinski definition) is 0. The summed E-state index contributed by atoms with van der Waals surface area (Å²) < 4.78 is 42.4. The third-order valence-electron chi connectivity index (χ3n) is 2.22. The van der Waals surface area contributed by atoms with Crippen LogP contribution in [0.2, 0.25) is 0 Å². The molecule has 0 saturated carbocycles. The van der Waals surface area contributed by atoms with Crippen LogP contribution < -0.4 is 0 Å². The van der Waals surface area contributed by atoms with E-state index in [1.165, 1.54) is 6.07 Å². The maximum atomic E-state index is 12.4. The molecule has 104 valence electrons. The molecule has 6 heteroatoms. The van der Waals surface area contributed by atoms with Crippen LogP contribution in [0.15, 0.2) is 28.7 Å². The first kappa shape index (κ1) is 15.8. The van der Waals surface area contributed by atoms with Crippen LogP contribution >= 0.6 is 15.9 Å². The normalized spacial score (nSPS) is 11.8. The molecule has 0 amide bonds. The van der Waals surface area contributed by atoms with Gasteiger partial charge in [0.1, 0.15) is 0 Å². The van der Waals surface area contributed by atoms with Gasteiger partial charge in [-0.05, 0) is 24.6 Å².